The predicted molar refractivity (Wildman–Crippen MR) is 104 cm³/mol. The molecule has 0 fully saturated rings. The maximum Gasteiger partial charge on any atom is 0.228 e. The third-order valence-corrected chi connectivity index (χ3v) is 5.46. The Morgan fingerprint density at radius 2 is 1.92 bits per heavy atom. The lowest BCUT2D eigenvalue weighted by Crippen LogP contribution is -2.14. The van der Waals surface area contributed by atoms with Gasteiger partial charge in [0.2, 0.25) is 5.91 Å². The number of carbonyl (C=O) groups excluding carboxylic acids is 1. The average Bonchev–Trinajstić information content (AvgIpc) is 2.96. The molecule has 0 spiro atoms. The van der Waals surface area contributed by atoms with E-state index in [0.29, 0.717) is 6.61 Å². The minimum Gasteiger partial charge on any atom is -0.489 e. The van der Waals surface area contributed by atoms with E-state index in [1.165, 1.54) is 10.5 Å². The minimum absolute atomic E-state index is 0.0289. The molecule has 0 saturated heterocycles. The first-order valence-electron chi connectivity index (χ1n) is 8.31. The molecule has 2 aromatic carbocycles. The van der Waals surface area contributed by atoms with E-state index < -0.39 is 0 Å². The zero-order valence-corrected chi connectivity index (χ0v) is 15.1. The number of benzene rings is 2. The third kappa shape index (κ3) is 2.87. The van der Waals surface area contributed by atoms with Gasteiger partial charge >= 0.3 is 0 Å². The highest BCUT2D eigenvalue weighted by atomic mass is 32.2. The van der Waals surface area contributed by atoms with E-state index in [0.717, 1.165) is 33.7 Å². The average molecular weight is 349 g/mol. The highest BCUT2D eigenvalue weighted by Crippen LogP contribution is 2.41. The molecule has 1 aliphatic heterocycles. The van der Waals surface area contributed by atoms with E-state index in [9.17, 15) is 4.79 Å². The van der Waals surface area contributed by atoms with Crippen LogP contribution < -0.4 is 4.74 Å². The van der Waals surface area contributed by atoms with Crippen molar-refractivity contribution in [1.29, 1.82) is 0 Å². The van der Waals surface area contributed by atoms with Gasteiger partial charge in [-0.05, 0) is 25.1 Å². The highest BCUT2D eigenvalue weighted by Gasteiger charge is 2.25. The van der Waals surface area contributed by atoms with Crippen molar-refractivity contribution in [2.75, 3.05) is 12.4 Å². The number of carbonyl (C=O) groups is 1. The molecule has 0 amide bonds. The van der Waals surface area contributed by atoms with E-state index in [1.807, 2.05) is 47.0 Å². The number of rotatable bonds is 3. The normalized spacial score (nSPS) is 13.4. The van der Waals surface area contributed by atoms with Crippen LogP contribution in [0.1, 0.15) is 23.0 Å². The first-order chi connectivity index (χ1) is 12.1. The lowest BCUT2D eigenvalue weighted by Gasteiger charge is -2.17. The van der Waals surface area contributed by atoms with E-state index in [-0.39, 0.29) is 5.91 Å². The Bertz CT molecular complexity index is 983. The van der Waals surface area contributed by atoms with Crippen molar-refractivity contribution in [3.05, 3.63) is 65.9 Å². The van der Waals surface area contributed by atoms with E-state index >= 15 is 0 Å². The van der Waals surface area contributed by atoms with E-state index in [4.69, 9.17) is 4.74 Å². The van der Waals surface area contributed by atoms with E-state index in [2.05, 4.69) is 19.1 Å². The molecular weight excluding hydrogens is 330 g/mol. The van der Waals surface area contributed by atoms with Crippen molar-refractivity contribution in [2.24, 2.45) is 0 Å². The zero-order valence-electron chi connectivity index (χ0n) is 14.3. The van der Waals surface area contributed by atoms with Crippen molar-refractivity contribution < 1.29 is 9.53 Å². The second-order valence-corrected chi connectivity index (χ2v) is 7.22. The minimum atomic E-state index is 0.0289. The number of para-hydroxylation sites is 1. The molecule has 2 heterocycles. The molecule has 126 valence electrons. The van der Waals surface area contributed by atoms with Crippen LogP contribution in [0.25, 0.3) is 16.5 Å². The van der Waals surface area contributed by atoms with Crippen LogP contribution in [0.3, 0.4) is 0 Å². The second kappa shape index (κ2) is 6.45. The maximum absolute atomic E-state index is 12.3. The smallest absolute Gasteiger partial charge is 0.228 e. The van der Waals surface area contributed by atoms with Gasteiger partial charge in [-0.15, -0.1) is 11.8 Å². The largest absolute Gasteiger partial charge is 0.489 e. The van der Waals surface area contributed by atoms with Gasteiger partial charge in [0, 0.05) is 28.5 Å². The summed E-state index contributed by atoms with van der Waals surface area (Å²) in [6, 6.07) is 16.1. The van der Waals surface area contributed by atoms with Gasteiger partial charge in [-0.3, -0.25) is 9.36 Å². The van der Waals surface area contributed by atoms with Crippen LogP contribution in [-0.4, -0.2) is 22.8 Å². The van der Waals surface area contributed by atoms with Gasteiger partial charge in [0.25, 0.3) is 0 Å². The van der Waals surface area contributed by atoms with Crippen LogP contribution in [0.2, 0.25) is 0 Å². The summed E-state index contributed by atoms with van der Waals surface area (Å²) in [5.74, 6) is 1.77. The molecule has 3 aromatic rings. The summed E-state index contributed by atoms with van der Waals surface area (Å²) >= 11 is 1.78. The number of aromatic nitrogens is 1. The van der Waals surface area contributed by atoms with Crippen LogP contribution in [-0.2, 0) is 0 Å². The van der Waals surface area contributed by atoms with Crippen LogP contribution in [0, 0.1) is 6.92 Å². The molecule has 4 heteroatoms. The molecule has 3 nitrogen and oxygen atoms in total. The quantitative estimate of drug-likeness (QED) is 0.653. The number of aryl methyl sites for hydroxylation is 1. The Kier molecular flexibility index (Phi) is 4.14. The summed E-state index contributed by atoms with van der Waals surface area (Å²) in [5, 5.41) is 1.14. The monoisotopic (exact) mass is 349 g/mol. The SMILES string of the molecule is CC(=O)n1c2c(c3ccccc31)SCC=C2COc1ccc(C)cc1. The third-order valence-electron chi connectivity index (χ3n) is 4.42. The van der Waals surface area contributed by atoms with Crippen molar-refractivity contribution in [2.45, 2.75) is 18.7 Å². The highest BCUT2D eigenvalue weighted by molar-refractivity contribution is 7.99. The van der Waals surface area contributed by atoms with Crippen LogP contribution >= 0.6 is 11.8 Å². The summed E-state index contributed by atoms with van der Waals surface area (Å²) in [6.07, 6.45) is 2.17. The van der Waals surface area contributed by atoms with Gasteiger partial charge in [-0.25, -0.2) is 0 Å². The van der Waals surface area contributed by atoms with Crippen molar-refractivity contribution >= 4 is 34.1 Å². The topological polar surface area (TPSA) is 31.2 Å². The molecule has 0 saturated carbocycles. The van der Waals surface area contributed by atoms with Crippen molar-refractivity contribution in [3.63, 3.8) is 0 Å². The van der Waals surface area contributed by atoms with E-state index in [1.54, 1.807) is 18.7 Å². The van der Waals surface area contributed by atoms with Crippen LogP contribution in [0.4, 0.5) is 0 Å². The lowest BCUT2D eigenvalue weighted by atomic mass is 10.1. The summed E-state index contributed by atoms with van der Waals surface area (Å²) in [5.41, 5.74) is 4.23. The van der Waals surface area contributed by atoms with Crippen LogP contribution in [0.15, 0.2) is 59.5 Å². The Morgan fingerprint density at radius 3 is 2.68 bits per heavy atom. The van der Waals surface area contributed by atoms with Gasteiger partial charge in [-0.2, -0.15) is 0 Å². The molecule has 0 bridgehead atoms. The Hall–Kier alpha value is -2.46. The molecule has 0 atom stereocenters. The molecule has 4 rings (SSSR count). The molecule has 25 heavy (non-hydrogen) atoms. The molecular formula is C21H19NO2S. The summed E-state index contributed by atoms with van der Waals surface area (Å²) in [6.45, 7) is 4.13. The standard InChI is InChI=1S/C21H19NO2S/c1-14-7-9-17(10-8-14)24-13-16-11-12-25-21-18-5-3-4-6-19(18)22(15(2)23)20(16)21/h3-11H,12-13H2,1-2H3. The van der Waals surface area contributed by atoms with Crippen molar-refractivity contribution in [3.8, 4) is 5.75 Å². The number of hydrogen-bond acceptors (Lipinski definition) is 3. The Balaban J connectivity index is 1.74. The second-order valence-electron chi connectivity index (χ2n) is 6.19. The fraction of sp³-hybridized carbons (Fsp3) is 0.190. The molecule has 0 unspecified atom stereocenters. The van der Waals surface area contributed by atoms with Gasteiger partial charge in [-0.1, -0.05) is 42.0 Å². The number of nitrogens with zero attached hydrogens (tertiary/aromatic N) is 1. The maximum atomic E-state index is 12.3. The summed E-state index contributed by atoms with van der Waals surface area (Å²) < 4.78 is 7.81. The molecule has 0 N–H and O–H groups in total. The fourth-order valence-electron chi connectivity index (χ4n) is 3.22. The predicted octanol–water partition coefficient (Wildman–Crippen LogP) is 5.18. The van der Waals surface area contributed by atoms with Gasteiger partial charge in [0.1, 0.15) is 12.4 Å². The van der Waals surface area contributed by atoms with Gasteiger partial charge < -0.3 is 4.74 Å². The van der Waals surface area contributed by atoms with Crippen molar-refractivity contribution in [1.82, 2.24) is 4.57 Å². The molecule has 1 aliphatic rings. The number of thioether (sulfide) groups is 1. The molecule has 0 aliphatic carbocycles. The Labute approximate surface area is 151 Å². The Morgan fingerprint density at radius 1 is 1.16 bits per heavy atom. The first kappa shape index (κ1) is 16.0. The van der Waals surface area contributed by atoms with Crippen LogP contribution in [0.5, 0.6) is 5.75 Å². The number of ether oxygens (including phenoxy) is 1. The van der Waals surface area contributed by atoms with Gasteiger partial charge in [0.15, 0.2) is 0 Å². The number of hydrogen-bond donors (Lipinski definition) is 0. The number of fused-ring (bicyclic) bond motifs is 3. The summed E-state index contributed by atoms with van der Waals surface area (Å²) in [4.78, 5) is 13.5. The molecule has 1 aromatic heterocycles. The molecule has 0 radical (unpaired) electrons. The summed E-state index contributed by atoms with van der Waals surface area (Å²) in [7, 11) is 0. The van der Waals surface area contributed by atoms with Gasteiger partial charge in [0.05, 0.1) is 11.2 Å². The zero-order chi connectivity index (χ0) is 17.4. The fourth-order valence-corrected chi connectivity index (χ4v) is 4.36. The first-order valence-corrected chi connectivity index (χ1v) is 9.30. The lowest BCUT2D eigenvalue weighted by molar-refractivity contribution is 0.0940.